The van der Waals surface area contributed by atoms with Crippen molar-refractivity contribution in [1.29, 1.82) is 0 Å². The molecule has 0 unspecified atom stereocenters. The molecule has 9 heteroatoms. The summed E-state index contributed by atoms with van der Waals surface area (Å²) >= 11 is 0. The third-order valence-corrected chi connectivity index (χ3v) is 2.39. The molecule has 1 heterocycles. The molecule has 16 heavy (non-hydrogen) atoms. The third-order valence-electron chi connectivity index (χ3n) is 1.66. The highest BCUT2D eigenvalue weighted by molar-refractivity contribution is 7.50. The molecular formula is C7H9N2O6P. The summed E-state index contributed by atoms with van der Waals surface area (Å²) in [6.45, 7) is 0. The van der Waals surface area contributed by atoms with E-state index in [9.17, 15) is 14.7 Å². The second kappa shape index (κ2) is 4.56. The molecule has 0 spiro atoms. The Bertz CT molecular complexity index is 456. The summed E-state index contributed by atoms with van der Waals surface area (Å²) < 4.78 is 15.4. The molecule has 0 atom stereocenters. The molecule has 0 aliphatic rings. The Morgan fingerprint density at radius 2 is 2.19 bits per heavy atom. The zero-order valence-electron chi connectivity index (χ0n) is 8.23. The van der Waals surface area contributed by atoms with Crippen LogP contribution in [0.4, 0.5) is 5.69 Å². The van der Waals surface area contributed by atoms with Gasteiger partial charge in [-0.05, 0) is 6.07 Å². The maximum atomic E-state index is 10.7. The van der Waals surface area contributed by atoms with E-state index in [2.05, 4.69) is 9.72 Å². The van der Waals surface area contributed by atoms with Gasteiger partial charge in [0.2, 0.25) is 0 Å². The largest absolute Gasteiger partial charge is 0.476 e. The fourth-order valence-corrected chi connectivity index (χ4v) is 1.66. The van der Waals surface area contributed by atoms with Crippen molar-refractivity contribution >= 4 is 13.3 Å². The second-order valence-electron chi connectivity index (χ2n) is 2.91. The van der Waals surface area contributed by atoms with Crippen LogP contribution in [-0.2, 0) is 10.7 Å². The summed E-state index contributed by atoms with van der Waals surface area (Å²) in [6.07, 6.45) is -0.582. The lowest BCUT2D eigenvalue weighted by atomic mass is 10.3. The van der Waals surface area contributed by atoms with Gasteiger partial charge in [0.1, 0.15) is 0 Å². The molecule has 0 fully saturated rings. The van der Waals surface area contributed by atoms with Crippen LogP contribution >= 0.6 is 7.60 Å². The van der Waals surface area contributed by atoms with Crippen molar-refractivity contribution in [3.8, 4) is 5.88 Å². The van der Waals surface area contributed by atoms with E-state index in [1.165, 1.54) is 13.2 Å². The molecule has 0 amide bonds. The summed E-state index contributed by atoms with van der Waals surface area (Å²) in [5.41, 5.74) is -0.312. The quantitative estimate of drug-likeness (QED) is 0.456. The Balaban J connectivity index is 3.09. The summed E-state index contributed by atoms with van der Waals surface area (Å²) in [7, 11) is -3.05. The van der Waals surface area contributed by atoms with Crippen molar-refractivity contribution in [3.63, 3.8) is 0 Å². The topological polar surface area (TPSA) is 123 Å². The van der Waals surface area contributed by atoms with Gasteiger partial charge < -0.3 is 14.5 Å². The first-order valence-electron chi connectivity index (χ1n) is 4.06. The van der Waals surface area contributed by atoms with Gasteiger partial charge in [0, 0.05) is 6.07 Å². The number of nitro groups is 1. The van der Waals surface area contributed by atoms with E-state index in [4.69, 9.17) is 9.79 Å². The van der Waals surface area contributed by atoms with Crippen LogP contribution in [0.15, 0.2) is 12.1 Å². The van der Waals surface area contributed by atoms with E-state index in [1.54, 1.807) is 0 Å². The number of aromatic nitrogens is 1. The predicted octanol–water partition coefficient (Wildman–Crippen LogP) is 0.676. The van der Waals surface area contributed by atoms with Gasteiger partial charge in [-0.2, -0.15) is 0 Å². The first kappa shape index (κ1) is 12.6. The second-order valence-corrected chi connectivity index (χ2v) is 4.56. The molecule has 0 radical (unpaired) electrons. The normalized spacial score (nSPS) is 11.2. The van der Waals surface area contributed by atoms with Gasteiger partial charge in [-0.25, -0.2) is 4.98 Å². The van der Waals surface area contributed by atoms with Gasteiger partial charge in [-0.15, -0.1) is 0 Å². The molecule has 0 saturated heterocycles. The Labute approximate surface area is 90.2 Å². The predicted molar refractivity (Wildman–Crippen MR) is 53.2 cm³/mol. The summed E-state index contributed by atoms with van der Waals surface area (Å²) in [4.78, 5) is 30.9. The van der Waals surface area contributed by atoms with E-state index >= 15 is 0 Å². The number of hydrogen-bond acceptors (Lipinski definition) is 5. The maximum absolute atomic E-state index is 10.7. The lowest BCUT2D eigenvalue weighted by molar-refractivity contribution is -0.386. The molecule has 0 aliphatic heterocycles. The number of rotatable bonds is 4. The van der Waals surface area contributed by atoms with E-state index in [-0.39, 0.29) is 17.3 Å². The van der Waals surface area contributed by atoms with Crippen molar-refractivity contribution in [1.82, 2.24) is 4.98 Å². The van der Waals surface area contributed by atoms with Crippen LogP contribution in [0.25, 0.3) is 0 Å². The van der Waals surface area contributed by atoms with E-state index in [0.717, 1.165) is 6.07 Å². The highest BCUT2D eigenvalue weighted by Crippen LogP contribution is 2.39. The summed E-state index contributed by atoms with van der Waals surface area (Å²) in [5.74, 6) is -0.268. The first-order valence-corrected chi connectivity index (χ1v) is 5.86. The molecule has 0 saturated carbocycles. The van der Waals surface area contributed by atoms with Crippen LogP contribution in [-0.4, -0.2) is 26.8 Å². The van der Waals surface area contributed by atoms with Gasteiger partial charge in [-0.3, -0.25) is 14.7 Å². The minimum atomic E-state index is -4.24. The van der Waals surface area contributed by atoms with Crippen LogP contribution in [0.3, 0.4) is 0 Å². The van der Waals surface area contributed by atoms with E-state index < -0.39 is 18.7 Å². The van der Waals surface area contributed by atoms with Crippen LogP contribution in [0.1, 0.15) is 5.69 Å². The van der Waals surface area contributed by atoms with Gasteiger partial charge in [0.25, 0.3) is 5.88 Å². The number of ether oxygens (including phenoxy) is 1. The number of pyridine rings is 1. The third kappa shape index (κ3) is 3.27. The number of hydrogen-bond donors (Lipinski definition) is 2. The lowest BCUT2D eigenvalue weighted by Gasteiger charge is -2.05. The van der Waals surface area contributed by atoms with Gasteiger partial charge in [0.15, 0.2) is 0 Å². The first-order chi connectivity index (χ1) is 7.33. The van der Waals surface area contributed by atoms with Crippen LogP contribution in [0, 0.1) is 10.1 Å². The molecule has 1 rings (SSSR count). The Morgan fingerprint density at radius 1 is 1.56 bits per heavy atom. The van der Waals surface area contributed by atoms with Gasteiger partial charge >= 0.3 is 13.3 Å². The SMILES string of the molecule is COc1nc(CP(=O)(O)O)ccc1[N+](=O)[O-]. The molecule has 0 aliphatic carbocycles. The van der Waals surface area contributed by atoms with Crippen molar-refractivity contribution in [2.24, 2.45) is 0 Å². The van der Waals surface area contributed by atoms with Crippen molar-refractivity contribution in [2.45, 2.75) is 6.16 Å². The van der Waals surface area contributed by atoms with E-state index in [1.807, 2.05) is 0 Å². The highest BCUT2D eigenvalue weighted by Gasteiger charge is 2.20. The van der Waals surface area contributed by atoms with Crippen molar-refractivity contribution in [2.75, 3.05) is 7.11 Å². The molecule has 0 bridgehead atoms. The molecule has 2 N–H and O–H groups in total. The molecular weight excluding hydrogens is 239 g/mol. The maximum Gasteiger partial charge on any atom is 0.331 e. The Morgan fingerprint density at radius 3 is 2.62 bits per heavy atom. The fourth-order valence-electron chi connectivity index (χ4n) is 1.06. The van der Waals surface area contributed by atoms with Crippen LogP contribution in [0.5, 0.6) is 5.88 Å². The van der Waals surface area contributed by atoms with Crippen molar-refractivity contribution < 1.29 is 24.0 Å². The fraction of sp³-hybridized carbons (Fsp3) is 0.286. The average molecular weight is 248 g/mol. The summed E-state index contributed by atoms with van der Waals surface area (Å²) in [6, 6.07) is 2.27. The van der Waals surface area contributed by atoms with Gasteiger partial charge in [0.05, 0.1) is 23.9 Å². The Hall–Kier alpha value is -1.50. The Kier molecular flexibility index (Phi) is 3.58. The number of methoxy groups -OCH3 is 1. The monoisotopic (exact) mass is 248 g/mol. The molecule has 8 nitrogen and oxygen atoms in total. The smallest absolute Gasteiger partial charge is 0.331 e. The molecule has 1 aromatic heterocycles. The lowest BCUT2D eigenvalue weighted by Crippen LogP contribution is -1.99. The summed E-state index contributed by atoms with van der Waals surface area (Å²) in [5, 5.41) is 10.5. The molecule has 88 valence electrons. The molecule has 1 aromatic rings. The number of nitrogens with zero attached hydrogens (tertiary/aromatic N) is 2. The minimum Gasteiger partial charge on any atom is -0.476 e. The van der Waals surface area contributed by atoms with Crippen molar-refractivity contribution in [3.05, 3.63) is 27.9 Å². The molecule has 0 aromatic carbocycles. The van der Waals surface area contributed by atoms with Crippen LogP contribution in [0.2, 0.25) is 0 Å². The van der Waals surface area contributed by atoms with Gasteiger partial charge in [-0.1, -0.05) is 0 Å². The minimum absolute atomic E-state index is 0.0378. The highest BCUT2D eigenvalue weighted by atomic mass is 31.2. The average Bonchev–Trinajstić information content (AvgIpc) is 2.14. The van der Waals surface area contributed by atoms with E-state index in [0.29, 0.717) is 0 Å². The van der Waals surface area contributed by atoms with Crippen LogP contribution < -0.4 is 4.74 Å². The zero-order chi connectivity index (χ0) is 12.3. The standard InChI is InChI=1S/C7H9N2O6P/c1-15-7-6(9(10)11)3-2-5(8-7)4-16(12,13)14/h2-3H,4H2,1H3,(H2,12,13,14). The zero-order valence-corrected chi connectivity index (χ0v) is 9.13.